The van der Waals surface area contributed by atoms with Gasteiger partial charge in [0, 0.05) is 32.2 Å². The molecular weight excluding hydrogens is 324 g/mol. The summed E-state index contributed by atoms with van der Waals surface area (Å²) < 4.78 is 5.85. The first-order chi connectivity index (χ1) is 12.5. The molecule has 1 saturated heterocycles. The van der Waals surface area contributed by atoms with Crippen LogP contribution in [0.4, 0.5) is 0 Å². The lowest BCUT2D eigenvalue weighted by molar-refractivity contribution is -0.142. The van der Waals surface area contributed by atoms with Gasteiger partial charge in [-0.2, -0.15) is 0 Å². The Morgan fingerprint density at radius 2 is 1.81 bits per heavy atom. The number of amides is 1. The Bertz CT molecular complexity index is 715. The summed E-state index contributed by atoms with van der Waals surface area (Å²) >= 11 is 0. The van der Waals surface area contributed by atoms with E-state index in [1.165, 1.54) is 11.1 Å². The van der Waals surface area contributed by atoms with Crippen LogP contribution in [0.1, 0.15) is 25.0 Å². The van der Waals surface area contributed by atoms with Gasteiger partial charge in [0.15, 0.2) is 6.10 Å². The Balaban J connectivity index is 1.54. The monoisotopic (exact) mass is 352 g/mol. The number of piperazine rings is 1. The molecule has 2 aromatic rings. The molecule has 1 amide bonds. The molecule has 3 rings (SSSR count). The molecule has 2 atom stereocenters. The third-order valence-corrected chi connectivity index (χ3v) is 4.93. The topological polar surface area (TPSA) is 32.8 Å². The zero-order valence-corrected chi connectivity index (χ0v) is 15.9. The molecule has 1 aliphatic heterocycles. The van der Waals surface area contributed by atoms with Gasteiger partial charge in [-0.3, -0.25) is 9.69 Å². The maximum atomic E-state index is 12.8. The first-order valence-electron chi connectivity index (χ1n) is 9.33. The fourth-order valence-corrected chi connectivity index (χ4v) is 3.45. The van der Waals surface area contributed by atoms with Gasteiger partial charge < -0.3 is 9.64 Å². The molecule has 2 unspecified atom stereocenters. The first-order valence-corrected chi connectivity index (χ1v) is 9.33. The van der Waals surface area contributed by atoms with Gasteiger partial charge in [-0.15, -0.1) is 0 Å². The highest BCUT2D eigenvalue weighted by Gasteiger charge is 2.30. The number of carbonyl (C=O) groups excluding carboxylic acids is 1. The van der Waals surface area contributed by atoms with Crippen LogP contribution in [0.2, 0.25) is 0 Å². The van der Waals surface area contributed by atoms with Crippen molar-refractivity contribution >= 4 is 5.91 Å². The van der Waals surface area contributed by atoms with Crippen LogP contribution in [-0.4, -0.2) is 47.5 Å². The molecular formula is C22H28N2O2. The van der Waals surface area contributed by atoms with Gasteiger partial charge in [-0.05, 0) is 38.5 Å². The lowest BCUT2D eigenvalue weighted by atomic mass is 10.1. The number of nitrogens with zero attached hydrogens (tertiary/aromatic N) is 2. The Morgan fingerprint density at radius 3 is 2.46 bits per heavy atom. The molecule has 4 nitrogen and oxygen atoms in total. The average Bonchev–Trinajstić information content (AvgIpc) is 2.64. The number of hydrogen-bond donors (Lipinski definition) is 0. The Morgan fingerprint density at radius 1 is 1.12 bits per heavy atom. The summed E-state index contributed by atoms with van der Waals surface area (Å²) in [6.07, 6.45) is -0.471. The van der Waals surface area contributed by atoms with Crippen molar-refractivity contribution in [2.45, 2.75) is 39.5 Å². The molecule has 0 spiro atoms. The molecule has 0 radical (unpaired) electrons. The number of benzene rings is 2. The van der Waals surface area contributed by atoms with Crippen molar-refractivity contribution in [1.82, 2.24) is 9.80 Å². The van der Waals surface area contributed by atoms with Crippen LogP contribution >= 0.6 is 0 Å². The third kappa shape index (κ3) is 4.64. The zero-order valence-electron chi connectivity index (χ0n) is 15.9. The lowest BCUT2D eigenvalue weighted by Crippen LogP contribution is -2.56. The van der Waals surface area contributed by atoms with E-state index >= 15 is 0 Å². The van der Waals surface area contributed by atoms with Crippen LogP contribution in [0.15, 0.2) is 54.6 Å². The van der Waals surface area contributed by atoms with E-state index in [1.54, 1.807) is 0 Å². The summed E-state index contributed by atoms with van der Waals surface area (Å²) in [4.78, 5) is 17.2. The predicted octanol–water partition coefficient (Wildman–Crippen LogP) is 3.50. The Hall–Kier alpha value is -2.33. The molecule has 0 aromatic heterocycles. The van der Waals surface area contributed by atoms with Crippen LogP contribution in [0, 0.1) is 6.92 Å². The van der Waals surface area contributed by atoms with Gasteiger partial charge in [0.05, 0.1) is 0 Å². The highest BCUT2D eigenvalue weighted by molar-refractivity contribution is 5.81. The summed E-state index contributed by atoms with van der Waals surface area (Å²) in [5, 5.41) is 0. The summed E-state index contributed by atoms with van der Waals surface area (Å²) in [5.74, 6) is 0.809. The van der Waals surface area contributed by atoms with Crippen molar-refractivity contribution in [2.24, 2.45) is 0 Å². The minimum atomic E-state index is -0.471. The standard InChI is InChI=1S/C22H28N2O2/c1-17-9-11-21(12-10-17)26-19(3)22(25)24-14-13-23(15-18(24)2)16-20-7-5-4-6-8-20/h4-12,18-19H,13-16H2,1-3H3. The van der Waals surface area contributed by atoms with E-state index in [1.807, 2.05) is 49.1 Å². The molecule has 26 heavy (non-hydrogen) atoms. The normalized spacial score (nSPS) is 19.2. The van der Waals surface area contributed by atoms with E-state index in [0.717, 1.165) is 31.9 Å². The molecule has 0 aliphatic carbocycles. The van der Waals surface area contributed by atoms with E-state index in [0.29, 0.717) is 0 Å². The SMILES string of the molecule is Cc1ccc(OC(C)C(=O)N2CCN(Cc3ccccc3)CC2C)cc1. The predicted molar refractivity (Wildman–Crippen MR) is 104 cm³/mol. The molecule has 1 fully saturated rings. The van der Waals surface area contributed by atoms with Crippen LogP contribution in [0.25, 0.3) is 0 Å². The number of rotatable bonds is 5. The van der Waals surface area contributed by atoms with Crippen molar-refractivity contribution in [3.63, 3.8) is 0 Å². The van der Waals surface area contributed by atoms with E-state index in [4.69, 9.17) is 4.74 Å². The molecule has 1 aliphatic rings. The highest BCUT2D eigenvalue weighted by atomic mass is 16.5. The molecule has 0 N–H and O–H groups in total. The number of aryl methyl sites for hydroxylation is 1. The maximum absolute atomic E-state index is 12.8. The Kier molecular flexibility index (Phi) is 5.94. The fourth-order valence-electron chi connectivity index (χ4n) is 3.45. The highest BCUT2D eigenvalue weighted by Crippen LogP contribution is 2.18. The average molecular weight is 352 g/mol. The summed E-state index contributed by atoms with van der Waals surface area (Å²) in [5.41, 5.74) is 2.50. The molecule has 138 valence electrons. The first kappa shape index (κ1) is 18.5. The van der Waals surface area contributed by atoms with Crippen LogP contribution in [0.3, 0.4) is 0 Å². The van der Waals surface area contributed by atoms with Crippen molar-refractivity contribution in [3.05, 3.63) is 65.7 Å². The molecule has 1 heterocycles. The van der Waals surface area contributed by atoms with Gasteiger partial charge in [-0.25, -0.2) is 0 Å². The van der Waals surface area contributed by atoms with E-state index in [9.17, 15) is 4.79 Å². The van der Waals surface area contributed by atoms with Crippen molar-refractivity contribution < 1.29 is 9.53 Å². The summed E-state index contributed by atoms with van der Waals surface area (Å²) in [6, 6.07) is 18.5. The van der Waals surface area contributed by atoms with Crippen LogP contribution in [-0.2, 0) is 11.3 Å². The van der Waals surface area contributed by atoms with Crippen LogP contribution in [0.5, 0.6) is 5.75 Å². The number of ether oxygens (including phenoxy) is 1. The summed E-state index contributed by atoms with van der Waals surface area (Å²) in [6.45, 7) is 9.45. The quantitative estimate of drug-likeness (QED) is 0.826. The largest absolute Gasteiger partial charge is 0.481 e. The van der Waals surface area contributed by atoms with Crippen molar-refractivity contribution in [1.29, 1.82) is 0 Å². The van der Waals surface area contributed by atoms with Crippen molar-refractivity contribution in [2.75, 3.05) is 19.6 Å². The van der Waals surface area contributed by atoms with Gasteiger partial charge in [-0.1, -0.05) is 48.0 Å². The van der Waals surface area contributed by atoms with Crippen molar-refractivity contribution in [3.8, 4) is 5.75 Å². The van der Waals surface area contributed by atoms with Gasteiger partial charge in [0.1, 0.15) is 5.75 Å². The lowest BCUT2D eigenvalue weighted by Gasteiger charge is -2.40. The molecule has 4 heteroatoms. The van der Waals surface area contributed by atoms with E-state index in [-0.39, 0.29) is 11.9 Å². The second kappa shape index (κ2) is 8.37. The smallest absolute Gasteiger partial charge is 0.263 e. The summed E-state index contributed by atoms with van der Waals surface area (Å²) in [7, 11) is 0. The van der Waals surface area contributed by atoms with E-state index in [2.05, 4.69) is 36.1 Å². The minimum Gasteiger partial charge on any atom is -0.481 e. The second-order valence-electron chi connectivity index (χ2n) is 7.17. The molecule has 2 aromatic carbocycles. The van der Waals surface area contributed by atoms with Gasteiger partial charge in [0.2, 0.25) is 0 Å². The molecule has 0 saturated carbocycles. The molecule has 0 bridgehead atoms. The fraction of sp³-hybridized carbons (Fsp3) is 0.409. The number of carbonyl (C=O) groups is 1. The van der Waals surface area contributed by atoms with Gasteiger partial charge >= 0.3 is 0 Å². The third-order valence-electron chi connectivity index (χ3n) is 4.93. The van der Waals surface area contributed by atoms with Gasteiger partial charge in [0.25, 0.3) is 5.91 Å². The second-order valence-corrected chi connectivity index (χ2v) is 7.17. The maximum Gasteiger partial charge on any atom is 0.263 e. The minimum absolute atomic E-state index is 0.0671. The van der Waals surface area contributed by atoms with E-state index < -0.39 is 6.10 Å². The zero-order chi connectivity index (χ0) is 18.5. The Labute approximate surface area is 156 Å². The van der Waals surface area contributed by atoms with Crippen LogP contribution < -0.4 is 4.74 Å². The number of hydrogen-bond acceptors (Lipinski definition) is 3.